The van der Waals surface area contributed by atoms with Crippen molar-refractivity contribution in [1.82, 2.24) is 0 Å². The van der Waals surface area contributed by atoms with Gasteiger partial charge in [-0.3, -0.25) is 0 Å². The average molecular weight is 258 g/mol. The number of carboxylic acids is 1. The monoisotopic (exact) mass is 258 g/mol. The van der Waals surface area contributed by atoms with Gasteiger partial charge in [0.2, 0.25) is 0 Å². The van der Waals surface area contributed by atoms with Gasteiger partial charge in [0.05, 0.1) is 12.7 Å². The molecule has 0 aromatic carbocycles. The van der Waals surface area contributed by atoms with Gasteiger partial charge in [-0.2, -0.15) is 0 Å². The third-order valence-electron chi connectivity index (χ3n) is 3.47. The van der Waals surface area contributed by atoms with E-state index in [-0.39, 0.29) is 18.1 Å². The van der Waals surface area contributed by atoms with Crippen LogP contribution < -0.4 is 0 Å². The Bertz CT molecular complexity index is 275. The van der Waals surface area contributed by atoms with Crippen LogP contribution in [0.2, 0.25) is 0 Å². The van der Waals surface area contributed by atoms with E-state index in [4.69, 9.17) is 14.6 Å². The van der Waals surface area contributed by atoms with E-state index in [1.807, 2.05) is 0 Å². The van der Waals surface area contributed by atoms with Crippen molar-refractivity contribution < 1.29 is 19.4 Å². The van der Waals surface area contributed by atoms with Crippen LogP contribution in [-0.2, 0) is 14.3 Å². The zero-order valence-electron chi connectivity index (χ0n) is 11.9. The number of ether oxygens (including phenoxy) is 2. The first kappa shape index (κ1) is 15.4. The highest BCUT2D eigenvalue weighted by Gasteiger charge is 2.33. The second-order valence-electron chi connectivity index (χ2n) is 6.15. The SMILES string of the molecule is CCOC(COC1CC(C)CC(C)(C)C1)C(=O)O. The second kappa shape index (κ2) is 6.53. The summed E-state index contributed by atoms with van der Waals surface area (Å²) < 4.78 is 10.9. The van der Waals surface area contributed by atoms with Gasteiger partial charge in [0.25, 0.3) is 0 Å². The lowest BCUT2D eigenvalue weighted by Gasteiger charge is -2.39. The fourth-order valence-electron chi connectivity index (χ4n) is 3.00. The average Bonchev–Trinajstić information content (AvgIpc) is 2.20. The highest BCUT2D eigenvalue weighted by Crippen LogP contribution is 2.39. The van der Waals surface area contributed by atoms with Gasteiger partial charge in [-0.1, -0.05) is 20.8 Å². The van der Waals surface area contributed by atoms with E-state index in [0.717, 1.165) is 12.8 Å². The van der Waals surface area contributed by atoms with Crippen molar-refractivity contribution in [3.63, 3.8) is 0 Å². The zero-order chi connectivity index (χ0) is 13.8. The van der Waals surface area contributed by atoms with Crippen molar-refractivity contribution >= 4 is 5.97 Å². The molecule has 1 aliphatic carbocycles. The molecular formula is C14H26O4. The molecule has 1 N–H and O–H groups in total. The van der Waals surface area contributed by atoms with E-state index in [9.17, 15) is 4.79 Å². The molecule has 0 amide bonds. The molecule has 106 valence electrons. The van der Waals surface area contributed by atoms with Gasteiger partial charge in [-0.05, 0) is 37.5 Å². The highest BCUT2D eigenvalue weighted by molar-refractivity contribution is 5.72. The Kier molecular flexibility index (Phi) is 5.60. The predicted molar refractivity (Wildman–Crippen MR) is 69.6 cm³/mol. The standard InChI is InChI=1S/C14H26O4/c1-5-17-12(13(15)16)9-18-11-6-10(2)7-14(3,4)8-11/h10-12H,5-9H2,1-4H3,(H,15,16). The number of hydrogen-bond donors (Lipinski definition) is 1. The fraction of sp³-hybridized carbons (Fsp3) is 0.929. The number of rotatable bonds is 6. The van der Waals surface area contributed by atoms with Crippen LogP contribution in [0.5, 0.6) is 0 Å². The largest absolute Gasteiger partial charge is 0.479 e. The predicted octanol–water partition coefficient (Wildman–Crippen LogP) is 2.71. The normalized spacial score (nSPS) is 28.9. The minimum Gasteiger partial charge on any atom is -0.479 e. The molecule has 3 atom stereocenters. The van der Waals surface area contributed by atoms with Crippen molar-refractivity contribution in [3.05, 3.63) is 0 Å². The summed E-state index contributed by atoms with van der Waals surface area (Å²) in [6.45, 7) is 9.06. The van der Waals surface area contributed by atoms with Gasteiger partial charge >= 0.3 is 5.97 Å². The second-order valence-corrected chi connectivity index (χ2v) is 6.15. The van der Waals surface area contributed by atoms with Crippen LogP contribution in [0.3, 0.4) is 0 Å². The summed E-state index contributed by atoms with van der Waals surface area (Å²) in [4.78, 5) is 10.9. The Labute approximate surface area is 110 Å². The summed E-state index contributed by atoms with van der Waals surface area (Å²) in [5, 5.41) is 8.98. The van der Waals surface area contributed by atoms with Crippen LogP contribution in [0.4, 0.5) is 0 Å². The molecule has 0 aromatic rings. The first-order valence-electron chi connectivity index (χ1n) is 6.80. The molecule has 4 nitrogen and oxygen atoms in total. The quantitative estimate of drug-likeness (QED) is 0.796. The molecule has 18 heavy (non-hydrogen) atoms. The first-order chi connectivity index (χ1) is 8.34. The van der Waals surface area contributed by atoms with Crippen LogP contribution in [0.15, 0.2) is 0 Å². The summed E-state index contributed by atoms with van der Waals surface area (Å²) in [5.41, 5.74) is 0.284. The Morgan fingerprint density at radius 3 is 2.61 bits per heavy atom. The molecule has 0 radical (unpaired) electrons. The van der Waals surface area contributed by atoms with E-state index >= 15 is 0 Å². The maximum Gasteiger partial charge on any atom is 0.335 e. The van der Waals surface area contributed by atoms with E-state index in [2.05, 4.69) is 20.8 Å². The van der Waals surface area contributed by atoms with Crippen molar-refractivity contribution in [3.8, 4) is 0 Å². The number of aliphatic carboxylic acids is 1. The molecule has 0 aliphatic heterocycles. The lowest BCUT2D eigenvalue weighted by Crippen LogP contribution is -2.36. The maximum atomic E-state index is 10.9. The summed E-state index contributed by atoms with van der Waals surface area (Å²) in [6, 6.07) is 0. The lowest BCUT2D eigenvalue weighted by atomic mass is 9.71. The van der Waals surface area contributed by atoms with E-state index in [1.54, 1.807) is 6.92 Å². The molecule has 3 unspecified atom stereocenters. The minimum atomic E-state index is -0.944. The molecule has 1 saturated carbocycles. The molecule has 1 rings (SSSR count). The van der Waals surface area contributed by atoms with Crippen LogP contribution in [-0.4, -0.2) is 36.5 Å². The molecular weight excluding hydrogens is 232 g/mol. The Balaban J connectivity index is 2.44. The lowest BCUT2D eigenvalue weighted by molar-refractivity contribution is -0.157. The first-order valence-corrected chi connectivity index (χ1v) is 6.80. The zero-order valence-corrected chi connectivity index (χ0v) is 11.9. The van der Waals surface area contributed by atoms with Crippen LogP contribution in [0.25, 0.3) is 0 Å². The fourth-order valence-corrected chi connectivity index (χ4v) is 3.00. The van der Waals surface area contributed by atoms with Crippen molar-refractivity contribution in [2.45, 2.75) is 59.2 Å². The van der Waals surface area contributed by atoms with Gasteiger partial charge in [-0.15, -0.1) is 0 Å². The molecule has 0 heterocycles. The van der Waals surface area contributed by atoms with Crippen LogP contribution in [0, 0.1) is 11.3 Å². The molecule has 1 aliphatic rings. The van der Waals surface area contributed by atoms with Gasteiger partial charge in [-0.25, -0.2) is 4.79 Å². The number of carbonyl (C=O) groups is 1. The minimum absolute atomic E-state index is 0.149. The molecule has 0 aromatic heterocycles. The summed E-state index contributed by atoms with van der Waals surface area (Å²) in [7, 11) is 0. The smallest absolute Gasteiger partial charge is 0.335 e. The molecule has 0 spiro atoms. The highest BCUT2D eigenvalue weighted by atomic mass is 16.6. The van der Waals surface area contributed by atoms with Crippen molar-refractivity contribution in [1.29, 1.82) is 0 Å². The number of hydrogen-bond acceptors (Lipinski definition) is 3. The summed E-state index contributed by atoms with van der Waals surface area (Å²) >= 11 is 0. The summed E-state index contributed by atoms with van der Waals surface area (Å²) in [6.07, 6.45) is 2.54. The van der Waals surface area contributed by atoms with E-state index in [0.29, 0.717) is 12.5 Å². The van der Waals surface area contributed by atoms with Crippen molar-refractivity contribution in [2.24, 2.45) is 11.3 Å². The van der Waals surface area contributed by atoms with Gasteiger partial charge in [0, 0.05) is 6.61 Å². The molecule has 0 saturated heterocycles. The van der Waals surface area contributed by atoms with Crippen LogP contribution >= 0.6 is 0 Å². The van der Waals surface area contributed by atoms with Crippen molar-refractivity contribution in [2.75, 3.05) is 13.2 Å². The number of carboxylic acid groups (broad SMARTS) is 1. The Morgan fingerprint density at radius 1 is 1.44 bits per heavy atom. The summed E-state index contributed by atoms with van der Waals surface area (Å²) in [5.74, 6) is -0.311. The van der Waals surface area contributed by atoms with Gasteiger partial charge in [0.1, 0.15) is 0 Å². The maximum absolute atomic E-state index is 10.9. The third-order valence-corrected chi connectivity index (χ3v) is 3.47. The molecule has 4 heteroatoms. The van der Waals surface area contributed by atoms with Crippen LogP contribution in [0.1, 0.15) is 47.0 Å². The molecule has 1 fully saturated rings. The Morgan fingerprint density at radius 2 is 2.11 bits per heavy atom. The molecule has 0 bridgehead atoms. The van der Waals surface area contributed by atoms with E-state index in [1.165, 1.54) is 6.42 Å². The van der Waals surface area contributed by atoms with Gasteiger partial charge in [0.15, 0.2) is 6.10 Å². The van der Waals surface area contributed by atoms with E-state index < -0.39 is 12.1 Å². The van der Waals surface area contributed by atoms with Gasteiger partial charge < -0.3 is 14.6 Å². The third kappa shape index (κ3) is 4.94. The Hall–Kier alpha value is -0.610. The topological polar surface area (TPSA) is 55.8 Å².